The zero-order valence-electron chi connectivity index (χ0n) is 6.76. The van der Waals surface area contributed by atoms with Gasteiger partial charge in [-0.15, -0.1) is 0 Å². The molecule has 1 aliphatic rings. The van der Waals surface area contributed by atoms with Crippen molar-refractivity contribution in [1.82, 2.24) is 0 Å². The molecular weight excluding hydrogens is 128 g/mol. The molecule has 0 aromatic rings. The first kappa shape index (κ1) is 8.02. The van der Waals surface area contributed by atoms with Crippen molar-refractivity contribution in [2.45, 2.75) is 44.3 Å². The third kappa shape index (κ3) is 1.32. The van der Waals surface area contributed by atoms with Gasteiger partial charge in [-0.1, -0.05) is 12.8 Å². The molecule has 2 nitrogen and oxygen atoms in total. The molecular formula is C8H16O2. The Hall–Kier alpha value is -0.0800. The van der Waals surface area contributed by atoms with Crippen LogP contribution < -0.4 is 0 Å². The van der Waals surface area contributed by atoms with Gasteiger partial charge in [0, 0.05) is 7.11 Å². The summed E-state index contributed by atoms with van der Waals surface area (Å²) in [6.07, 6.45) is 3.95. The monoisotopic (exact) mass is 144 g/mol. The van der Waals surface area contributed by atoms with Gasteiger partial charge in [0.1, 0.15) is 0 Å². The Morgan fingerprint density at radius 1 is 1.50 bits per heavy atom. The summed E-state index contributed by atoms with van der Waals surface area (Å²) in [5, 5.41) is 9.50. The molecule has 1 saturated carbocycles. The molecule has 1 N–H and O–H groups in total. The second-order valence-electron chi connectivity index (χ2n) is 3.28. The zero-order valence-corrected chi connectivity index (χ0v) is 6.76. The van der Waals surface area contributed by atoms with Crippen LogP contribution in [0.3, 0.4) is 0 Å². The molecule has 1 aliphatic carbocycles. The molecule has 0 spiro atoms. The van der Waals surface area contributed by atoms with Crippen LogP contribution in [-0.4, -0.2) is 23.9 Å². The maximum absolute atomic E-state index is 9.50. The average molecular weight is 144 g/mol. The number of aliphatic hydroxyl groups is 1. The van der Waals surface area contributed by atoms with Crippen LogP contribution in [0.4, 0.5) is 0 Å². The maximum atomic E-state index is 9.50. The zero-order chi connectivity index (χ0) is 7.61. The Kier molecular flexibility index (Phi) is 2.32. The molecule has 0 aromatic heterocycles. The first-order valence-electron chi connectivity index (χ1n) is 3.92. The fourth-order valence-electron chi connectivity index (χ4n) is 1.52. The highest BCUT2D eigenvalue weighted by Crippen LogP contribution is 2.30. The van der Waals surface area contributed by atoms with E-state index in [1.807, 2.05) is 6.92 Å². The van der Waals surface area contributed by atoms with Gasteiger partial charge in [-0.3, -0.25) is 0 Å². The van der Waals surface area contributed by atoms with Gasteiger partial charge in [-0.05, 0) is 19.8 Å². The molecule has 0 radical (unpaired) electrons. The molecule has 0 aliphatic heterocycles. The van der Waals surface area contributed by atoms with Gasteiger partial charge in [0.25, 0.3) is 0 Å². The Bertz CT molecular complexity index is 114. The van der Waals surface area contributed by atoms with Gasteiger partial charge >= 0.3 is 0 Å². The van der Waals surface area contributed by atoms with Gasteiger partial charge in [-0.2, -0.15) is 0 Å². The van der Waals surface area contributed by atoms with E-state index in [9.17, 15) is 5.11 Å². The lowest BCUT2D eigenvalue weighted by Gasteiger charge is -2.36. The molecule has 0 amide bonds. The summed E-state index contributed by atoms with van der Waals surface area (Å²) in [7, 11) is 1.68. The van der Waals surface area contributed by atoms with E-state index in [4.69, 9.17) is 4.74 Å². The summed E-state index contributed by atoms with van der Waals surface area (Å²) in [5.41, 5.74) is -0.266. The summed E-state index contributed by atoms with van der Waals surface area (Å²) < 4.78 is 5.24. The van der Waals surface area contributed by atoms with Crippen molar-refractivity contribution in [3.8, 4) is 0 Å². The molecule has 0 heterocycles. The third-order valence-electron chi connectivity index (χ3n) is 2.57. The van der Waals surface area contributed by atoms with Crippen LogP contribution in [0.25, 0.3) is 0 Å². The molecule has 10 heavy (non-hydrogen) atoms. The number of rotatable bonds is 1. The summed E-state index contributed by atoms with van der Waals surface area (Å²) in [6, 6.07) is 0. The molecule has 2 heteroatoms. The van der Waals surface area contributed by atoms with Gasteiger partial charge in [0.2, 0.25) is 0 Å². The van der Waals surface area contributed by atoms with Crippen molar-refractivity contribution in [3.63, 3.8) is 0 Å². The quantitative estimate of drug-likeness (QED) is 0.601. The SMILES string of the molecule is CO[C@]1(C)CCCC[C@@H]1O. The lowest BCUT2D eigenvalue weighted by atomic mass is 9.84. The van der Waals surface area contributed by atoms with Crippen LogP contribution in [0.5, 0.6) is 0 Å². The summed E-state index contributed by atoms with van der Waals surface area (Å²) >= 11 is 0. The van der Waals surface area contributed by atoms with Crippen molar-refractivity contribution in [3.05, 3.63) is 0 Å². The summed E-state index contributed by atoms with van der Waals surface area (Å²) in [6.45, 7) is 1.98. The van der Waals surface area contributed by atoms with Crippen molar-refractivity contribution in [2.75, 3.05) is 7.11 Å². The van der Waals surface area contributed by atoms with Gasteiger partial charge in [0.15, 0.2) is 0 Å². The topological polar surface area (TPSA) is 29.5 Å². The number of hydrogen-bond acceptors (Lipinski definition) is 2. The molecule has 2 atom stereocenters. The van der Waals surface area contributed by atoms with E-state index in [0.717, 1.165) is 19.3 Å². The maximum Gasteiger partial charge on any atom is 0.0908 e. The number of aliphatic hydroxyl groups excluding tert-OH is 1. The van der Waals surface area contributed by atoms with Crippen LogP contribution >= 0.6 is 0 Å². The van der Waals surface area contributed by atoms with Crippen molar-refractivity contribution in [1.29, 1.82) is 0 Å². The lowest BCUT2D eigenvalue weighted by molar-refractivity contribution is -0.112. The Morgan fingerprint density at radius 3 is 2.60 bits per heavy atom. The molecule has 1 rings (SSSR count). The Balaban J connectivity index is 2.54. The lowest BCUT2D eigenvalue weighted by Crippen LogP contribution is -2.43. The van der Waals surface area contributed by atoms with Gasteiger partial charge in [-0.25, -0.2) is 0 Å². The fraction of sp³-hybridized carbons (Fsp3) is 1.00. The molecule has 0 unspecified atom stereocenters. The third-order valence-corrected chi connectivity index (χ3v) is 2.57. The van der Waals surface area contributed by atoms with Crippen LogP contribution in [-0.2, 0) is 4.74 Å². The van der Waals surface area contributed by atoms with E-state index < -0.39 is 0 Å². The van der Waals surface area contributed by atoms with Crippen molar-refractivity contribution >= 4 is 0 Å². The number of methoxy groups -OCH3 is 1. The minimum absolute atomic E-state index is 0.258. The average Bonchev–Trinajstić information content (AvgIpc) is 1.96. The first-order chi connectivity index (χ1) is 4.69. The first-order valence-corrected chi connectivity index (χ1v) is 3.92. The number of hydrogen-bond donors (Lipinski definition) is 1. The fourth-order valence-corrected chi connectivity index (χ4v) is 1.52. The van der Waals surface area contributed by atoms with E-state index >= 15 is 0 Å². The Morgan fingerprint density at radius 2 is 2.20 bits per heavy atom. The predicted molar refractivity (Wildman–Crippen MR) is 39.9 cm³/mol. The highest BCUT2D eigenvalue weighted by Gasteiger charge is 2.34. The minimum atomic E-state index is -0.266. The van der Waals surface area contributed by atoms with E-state index in [1.54, 1.807) is 7.11 Å². The van der Waals surface area contributed by atoms with Crippen LogP contribution in [0, 0.1) is 0 Å². The number of ether oxygens (including phenoxy) is 1. The smallest absolute Gasteiger partial charge is 0.0908 e. The highest BCUT2D eigenvalue weighted by atomic mass is 16.5. The van der Waals surface area contributed by atoms with Crippen LogP contribution in [0.1, 0.15) is 32.6 Å². The predicted octanol–water partition coefficient (Wildman–Crippen LogP) is 1.33. The van der Waals surface area contributed by atoms with Gasteiger partial charge < -0.3 is 9.84 Å². The van der Waals surface area contributed by atoms with Crippen molar-refractivity contribution in [2.24, 2.45) is 0 Å². The van der Waals surface area contributed by atoms with Crippen molar-refractivity contribution < 1.29 is 9.84 Å². The second kappa shape index (κ2) is 2.89. The minimum Gasteiger partial charge on any atom is -0.390 e. The molecule has 1 fully saturated rings. The van der Waals surface area contributed by atoms with E-state index in [0.29, 0.717) is 0 Å². The normalized spacial score (nSPS) is 41.7. The summed E-state index contributed by atoms with van der Waals surface area (Å²) in [5.74, 6) is 0. The summed E-state index contributed by atoms with van der Waals surface area (Å²) in [4.78, 5) is 0. The van der Waals surface area contributed by atoms with E-state index in [2.05, 4.69) is 0 Å². The highest BCUT2D eigenvalue weighted by molar-refractivity contribution is 4.87. The molecule has 60 valence electrons. The molecule has 0 bridgehead atoms. The second-order valence-corrected chi connectivity index (χ2v) is 3.28. The standard InChI is InChI=1S/C8H16O2/c1-8(10-2)6-4-3-5-7(8)9/h7,9H,3-6H2,1-2H3/t7-,8+/m0/s1. The van der Waals surface area contributed by atoms with Gasteiger partial charge in [0.05, 0.1) is 11.7 Å². The van der Waals surface area contributed by atoms with E-state index in [-0.39, 0.29) is 11.7 Å². The molecule has 0 saturated heterocycles. The van der Waals surface area contributed by atoms with Crippen LogP contribution in [0.2, 0.25) is 0 Å². The Labute approximate surface area is 62.2 Å². The van der Waals surface area contributed by atoms with Crippen LogP contribution in [0.15, 0.2) is 0 Å². The largest absolute Gasteiger partial charge is 0.390 e. The molecule has 0 aromatic carbocycles. The van der Waals surface area contributed by atoms with E-state index in [1.165, 1.54) is 6.42 Å².